The van der Waals surface area contributed by atoms with Gasteiger partial charge in [0, 0.05) is 43.2 Å². The summed E-state index contributed by atoms with van der Waals surface area (Å²) in [5.74, 6) is 1.17. The molecule has 7 nitrogen and oxygen atoms in total. The third kappa shape index (κ3) is 3.59. The number of rotatable bonds is 2. The zero-order valence-corrected chi connectivity index (χ0v) is 16.4. The van der Waals surface area contributed by atoms with E-state index in [1.807, 2.05) is 38.2 Å². The minimum Gasteiger partial charge on any atom is -0.332 e. The van der Waals surface area contributed by atoms with Gasteiger partial charge in [-0.15, -0.1) is 0 Å². The molecule has 2 aromatic rings. The molecule has 0 atom stereocenters. The predicted molar refractivity (Wildman–Crippen MR) is 106 cm³/mol. The number of amides is 2. The van der Waals surface area contributed by atoms with Crippen molar-refractivity contribution in [3.8, 4) is 5.69 Å². The van der Waals surface area contributed by atoms with Crippen molar-refractivity contribution in [1.29, 1.82) is 0 Å². The van der Waals surface area contributed by atoms with Crippen LogP contribution in [0.5, 0.6) is 0 Å². The van der Waals surface area contributed by atoms with Crippen LogP contribution in [0.1, 0.15) is 16.8 Å². The van der Waals surface area contributed by atoms with Crippen LogP contribution in [-0.2, 0) is 21.1 Å². The van der Waals surface area contributed by atoms with Crippen LogP contribution in [0.25, 0.3) is 5.69 Å². The van der Waals surface area contributed by atoms with E-state index < -0.39 is 11.8 Å². The second kappa shape index (κ2) is 7.36. The van der Waals surface area contributed by atoms with Gasteiger partial charge in [-0.05, 0) is 26.1 Å². The summed E-state index contributed by atoms with van der Waals surface area (Å²) in [7, 11) is 2.02. The Morgan fingerprint density at radius 2 is 1.78 bits per heavy atom. The lowest BCUT2D eigenvalue weighted by molar-refractivity contribution is -0.144. The molecule has 0 aliphatic carbocycles. The largest absolute Gasteiger partial charge is 0.332 e. The van der Waals surface area contributed by atoms with Crippen molar-refractivity contribution >= 4 is 29.4 Å². The fourth-order valence-electron chi connectivity index (χ4n) is 3.33. The average Bonchev–Trinajstić information content (AvgIpc) is 3.25. The molecule has 4 rings (SSSR count). The highest BCUT2D eigenvalue weighted by Gasteiger charge is 2.29. The minimum atomic E-state index is -0.590. The SMILES string of the molecule is Cc1ccc(-n2nc3c(c2NC(=O)C(=O)N2CCN(C)CC2)CSC3)cc1. The molecule has 1 aromatic heterocycles. The zero-order chi connectivity index (χ0) is 19.0. The summed E-state index contributed by atoms with van der Waals surface area (Å²) in [6.07, 6.45) is 0. The first-order chi connectivity index (χ1) is 13.0. The van der Waals surface area contributed by atoms with Crippen molar-refractivity contribution in [1.82, 2.24) is 19.6 Å². The van der Waals surface area contributed by atoms with Crippen LogP contribution in [0.3, 0.4) is 0 Å². The maximum atomic E-state index is 12.7. The molecule has 8 heteroatoms. The van der Waals surface area contributed by atoms with Crippen molar-refractivity contribution in [2.75, 3.05) is 38.5 Å². The Morgan fingerprint density at radius 1 is 1.07 bits per heavy atom. The van der Waals surface area contributed by atoms with E-state index in [9.17, 15) is 9.59 Å². The average molecular weight is 385 g/mol. The van der Waals surface area contributed by atoms with E-state index in [1.54, 1.807) is 21.3 Å². The van der Waals surface area contributed by atoms with E-state index >= 15 is 0 Å². The first-order valence-corrected chi connectivity index (χ1v) is 10.2. The van der Waals surface area contributed by atoms with Crippen LogP contribution < -0.4 is 5.32 Å². The van der Waals surface area contributed by atoms with Crippen molar-refractivity contribution in [3.63, 3.8) is 0 Å². The van der Waals surface area contributed by atoms with E-state index in [0.717, 1.165) is 47.1 Å². The van der Waals surface area contributed by atoms with Crippen molar-refractivity contribution in [3.05, 3.63) is 41.1 Å². The summed E-state index contributed by atoms with van der Waals surface area (Å²) < 4.78 is 1.75. The number of benzene rings is 1. The summed E-state index contributed by atoms with van der Waals surface area (Å²) in [6.45, 7) is 4.75. The molecule has 27 heavy (non-hydrogen) atoms. The van der Waals surface area contributed by atoms with Gasteiger partial charge in [0.05, 0.1) is 11.4 Å². The smallest absolute Gasteiger partial charge is 0.315 e. The number of hydrogen-bond acceptors (Lipinski definition) is 5. The number of anilines is 1. The molecule has 1 N–H and O–H groups in total. The van der Waals surface area contributed by atoms with Gasteiger partial charge in [-0.2, -0.15) is 16.9 Å². The summed E-state index contributed by atoms with van der Waals surface area (Å²) >= 11 is 1.77. The van der Waals surface area contributed by atoms with Gasteiger partial charge in [-0.25, -0.2) is 4.68 Å². The number of aryl methyl sites for hydroxylation is 1. The fraction of sp³-hybridized carbons (Fsp3) is 0.421. The minimum absolute atomic E-state index is 0.473. The monoisotopic (exact) mass is 385 g/mol. The number of aromatic nitrogens is 2. The molecule has 1 fully saturated rings. The fourth-order valence-corrected chi connectivity index (χ4v) is 4.36. The first-order valence-electron chi connectivity index (χ1n) is 9.07. The molecule has 1 saturated heterocycles. The van der Waals surface area contributed by atoms with Crippen LogP contribution in [0, 0.1) is 6.92 Å². The number of carbonyl (C=O) groups is 2. The Balaban J connectivity index is 1.58. The first kappa shape index (κ1) is 18.1. The maximum absolute atomic E-state index is 12.7. The highest BCUT2D eigenvalue weighted by Crippen LogP contribution is 2.36. The number of nitrogens with one attached hydrogen (secondary N) is 1. The number of fused-ring (bicyclic) bond motifs is 1. The van der Waals surface area contributed by atoms with Gasteiger partial charge < -0.3 is 15.1 Å². The molecule has 1 aromatic carbocycles. The highest BCUT2D eigenvalue weighted by molar-refractivity contribution is 7.98. The molecule has 0 unspecified atom stereocenters. The summed E-state index contributed by atoms with van der Waals surface area (Å²) in [6, 6.07) is 7.97. The molecule has 0 radical (unpaired) electrons. The molecule has 2 aliphatic heterocycles. The number of hydrogen-bond donors (Lipinski definition) is 1. The van der Waals surface area contributed by atoms with Crippen molar-refractivity contribution in [2.24, 2.45) is 0 Å². The molecular formula is C19H23N5O2S. The molecule has 2 aliphatic rings. The molecule has 3 heterocycles. The van der Waals surface area contributed by atoms with E-state index in [1.165, 1.54) is 0 Å². The molecule has 2 amide bonds. The Labute approximate surface area is 162 Å². The third-order valence-electron chi connectivity index (χ3n) is 5.05. The lowest BCUT2D eigenvalue weighted by Gasteiger charge is -2.31. The number of piperazine rings is 1. The summed E-state index contributed by atoms with van der Waals surface area (Å²) in [4.78, 5) is 29.0. The van der Waals surface area contributed by atoms with Gasteiger partial charge in [0.2, 0.25) is 0 Å². The third-order valence-corrected chi connectivity index (χ3v) is 6.02. The van der Waals surface area contributed by atoms with Gasteiger partial charge >= 0.3 is 11.8 Å². The van der Waals surface area contributed by atoms with E-state index in [4.69, 9.17) is 0 Å². The quantitative estimate of drug-likeness (QED) is 0.796. The summed E-state index contributed by atoms with van der Waals surface area (Å²) in [5.41, 5.74) is 4.02. The van der Waals surface area contributed by atoms with E-state index in [0.29, 0.717) is 18.9 Å². The summed E-state index contributed by atoms with van der Waals surface area (Å²) in [5, 5.41) is 7.53. The maximum Gasteiger partial charge on any atom is 0.315 e. The van der Waals surface area contributed by atoms with Gasteiger partial charge in [-0.1, -0.05) is 17.7 Å². The van der Waals surface area contributed by atoms with Crippen LogP contribution >= 0.6 is 11.8 Å². The molecule has 0 spiro atoms. The Kier molecular flexibility index (Phi) is 4.92. The zero-order valence-electron chi connectivity index (χ0n) is 15.6. The van der Waals surface area contributed by atoms with Crippen LogP contribution in [-0.4, -0.2) is 64.6 Å². The number of thioether (sulfide) groups is 1. The Bertz CT molecular complexity index is 869. The van der Waals surface area contributed by atoms with Crippen LogP contribution in [0.4, 0.5) is 5.82 Å². The second-order valence-electron chi connectivity index (χ2n) is 7.06. The molecule has 0 saturated carbocycles. The Morgan fingerprint density at radius 3 is 2.48 bits per heavy atom. The predicted octanol–water partition coefficient (Wildman–Crippen LogP) is 1.64. The number of carbonyl (C=O) groups excluding carboxylic acids is 2. The highest BCUT2D eigenvalue weighted by atomic mass is 32.2. The topological polar surface area (TPSA) is 70.5 Å². The van der Waals surface area contributed by atoms with Crippen molar-refractivity contribution in [2.45, 2.75) is 18.4 Å². The van der Waals surface area contributed by atoms with Crippen molar-refractivity contribution < 1.29 is 9.59 Å². The van der Waals surface area contributed by atoms with Crippen LogP contribution in [0.2, 0.25) is 0 Å². The normalized spacial score (nSPS) is 17.0. The van der Waals surface area contributed by atoms with Gasteiger partial charge in [0.15, 0.2) is 0 Å². The molecule has 142 valence electrons. The number of likely N-dealkylation sites (N-methyl/N-ethyl adjacent to an activating group) is 1. The van der Waals surface area contributed by atoms with Gasteiger partial charge in [0.1, 0.15) is 5.82 Å². The Hall–Kier alpha value is -2.32. The van der Waals surface area contributed by atoms with Gasteiger partial charge in [0.25, 0.3) is 0 Å². The van der Waals surface area contributed by atoms with Gasteiger partial charge in [-0.3, -0.25) is 9.59 Å². The lowest BCUT2D eigenvalue weighted by atomic mass is 10.2. The van der Waals surface area contributed by atoms with Crippen LogP contribution in [0.15, 0.2) is 24.3 Å². The van der Waals surface area contributed by atoms with E-state index in [-0.39, 0.29) is 0 Å². The number of nitrogens with zero attached hydrogens (tertiary/aromatic N) is 4. The lowest BCUT2D eigenvalue weighted by Crippen LogP contribution is -2.50. The second-order valence-corrected chi connectivity index (χ2v) is 8.05. The van der Waals surface area contributed by atoms with E-state index in [2.05, 4.69) is 15.3 Å². The molecule has 0 bridgehead atoms. The molecular weight excluding hydrogens is 362 g/mol. The standard InChI is InChI=1S/C19H23N5O2S/c1-13-3-5-14(6-4-13)24-17(15-11-27-12-16(15)21-24)20-18(25)19(26)23-9-7-22(2)8-10-23/h3-6H,7-12H2,1-2H3,(H,20,25).